The van der Waals surface area contributed by atoms with Crippen LogP contribution in [-0.4, -0.2) is 40.9 Å². The van der Waals surface area contributed by atoms with Gasteiger partial charge in [-0.3, -0.25) is 19.9 Å². The van der Waals surface area contributed by atoms with Gasteiger partial charge in [-0.15, -0.1) is 0 Å². The van der Waals surface area contributed by atoms with Gasteiger partial charge in [0.15, 0.2) is 23.0 Å². The molecule has 1 aliphatic heterocycles. The van der Waals surface area contributed by atoms with Crippen molar-refractivity contribution in [2.75, 3.05) is 21.0 Å². The van der Waals surface area contributed by atoms with E-state index in [0.717, 1.165) is 54.7 Å². The summed E-state index contributed by atoms with van der Waals surface area (Å²) in [6, 6.07) is 11.7. The quantitative estimate of drug-likeness (QED) is 0.328. The van der Waals surface area contributed by atoms with Gasteiger partial charge in [0.05, 0.1) is 14.2 Å². The summed E-state index contributed by atoms with van der Waals surface area (Å²) in [6.45, 7) is 0.164. The maximum absolute atomic E-state index is 5.85. The summed E-state index contributed by atoms with van der Waals surface area (Å²) >= 11 is 0. The molecule has 8 nitrogen and oxygen atoms in total. The molecule has 0 spiro atoms. The van der Waals surface area contributed by atoms with Gasteiger partial charge in [-0.1, -0.05) is 0 Å². The van der Waals surface area contributed by atoms with Crippen LogP contribution in [0.4, 0.5) is 0 Å². The summed E-state index contributed by atoms with van der Waals surface area (Å²) in [7, 11) is 3.25. The van der Waals surface area contributed by atoms with Gasteiger partial charge in [0, 0.05) is 57.5 Å². The molecule has 0 unspecified atom stereocenters. The topological polar surface area (TPSA) is 88.5 Å². The van der Waals surface area contributed by atoms with Gasteiger partial charge in [0.1, 0.15) is 22.1 Å². The number of aromatic nitrogens is 4. The minimum atomic E-state index is 0.164. The Hall–Kier alpha value is -4.72. The van der Waals surface area contributed by atoms with Crippen molar-refractivity contribution in [2.45, 2.75) is 0 Å². The minimum absolute atomic E-state index is 0.164. The first-order chi connectivity index (χ1) is 17.3. The van der Waals surface area contributed by atoms with Gasteiger partial charge in [0.25, 0.3) is 0 Å². The number of hydrogen-bond acceptors (Lipinski definition) is 8. The molecule has 170 valence electrons. The zero-order valence-electron chi connectivity index (χ0n) is 18.9. The fourth-order valence-corrected chi connectivity index (χ4v) is 4.85. The second kappa shape index (κ2) is 7.39. The van der Waals surface area contributed by atoms with E-state index in [1.54, 1.807) is 26.6 Å². The molecule has 0 fully saturated rings. The average Bonchev–Trinajstić information content (AvgIpc) is 3.42. The van der Waals surface area contributed by atoms with Crippen LogP contribution < -0.4 is 18.9 Å². The van der Waals surface area contributed by atoms with Crippen LogP contribution in [0.15, 0.2) is 61.2 Å². The molecule has 0 amide bonds. The molecule has 1 aliphatic rings. The van der Waals surface area contributed by atoms with Crippen molar-refractivity contribution >= 4 is 43.6 Å². The summed E-state index contributed by atoms with van der Waals surface area (Å²) in [5, 5.41) is 3.37. The number of pyridine rings is 4. The van der Waals surface area contributed by atoms with Crippen LogP contribution in [0.25, 0.3) is 54.7 Å². The van der Waals surface area contributed by atoms with E-state index in [1.165, 1.54) is 0 Å². The first kappa shape index (κ1) is 19.7. The van der Waals surface area contributed by atoms with Crippen LogP contribution in [0.1, 0.15) is 0 Å². The highest BCUT2D eigenvalue weighted by molar-refractivity contribution is 6.12. The molecular formula is C27H18N4O4. The predicted molar refractivity (Wildman–Crippen MR) is 132 cm³/mol. The maximum atomic E-state index is 5.85. The van der Waals surface area contributed by atoms with Crippen LogP contribution in [0.3, 0.4) is 0 Å². The standard InChI is InChI=1S/C27H18N4O4/c1-32-24-16-5-3-7-28-20(16)22-18(25(24)33-2)9-14(11-30-22)15-10-19-23(31-12-15)21-17(6-4-8-29-21)26-27(19)35-13-34-26/h3-12H,13H2,1-2H3. The molecule has 7 rings (SSSR count). The zero-order chi connectivity index (χ0) is 23.5. The lowest BCUT2D eigenvalue weighted by molar-refractivity contribution is 0.175. The first-order valence-electron chi connectivity index (χ1n) is 11.0. The van der Waals surface area contributed by atoms with E-state index in [2.05, 4.69) is 9.97 Å². The molecule has 4 aromatic heterocycles. The number of methoxy groups -OCH3 is 2. The van der Waals surface area contributed by atoms with E-state index in [0.29, 0.717) is 23.0 Å². The van der Waals surface area contributed by atoms with Crippen molar-refractivity contribution in [1.82, 2.24) is 19.9 Å². The van der Waals surface area contributed by atoms with Crippen molar-refractivity contribution in [3.05, 3.63) is 61.2 Å². The van der Waals surface area contributed by atoms with Crippen molar-refractivity contribution in [3.63, 3.8) is 0 Å². The van der Waals surface area contributed by atoms with Crippen LogP contribution in [-0.2, 0) is 0 Å². The normalized spacial score (nSPS) is 12.6. The second-order valence-electron chi connectivity index (χ2n) is 8.17. The van der Waals surface area contributed by atoms with Crippen LogP contribution in [0.5, 0.6) is 23.0 Å². The Kier molecular flexibility index (Phi) is 4.17. The molecule has 2 aromatic carbocycles. The number of hydrogen-bond donors (Lipinski definition) is 0. The summed E-state index contributed by atoms with van der Waals surface area (Å²) in [5.74, 6) is 2.61. The van der Waals surface area contributed by atoms with Crippen LogP contribution in [0.2, 0.25) is 0 Å². The molecule has 0 radical (unpaired) electrons. The van der Waals surface area contributed by atoms with Crippen molar-refractivity contribution in [1.29, 1.82) is 0 Å². The molecule has 0 atom stereocenters. The van der Waals surface area contributed by atoms with Gasteiger partial charge in [0.2, 0.25) is 6.79 Å². The molecule has 0 N–H and O–H groups in total. The lowest BCUT2D eigenvalue weighted by atomic mass is 10.0. The van der Waals surface area contributed by atoms with Gasteiger partial charge in [-0.25, -0.2) is 0 Å². The van der Waals surface area contributed by atoms with Gasteiger partial charge in [-0.2, -0.15) is 0 Å². The van der Waals surface area contributed by atoms with Crippen LogP contribution in [0, 0.1) is 0 Å². The maximum Gasteiger partial charge on any atom is 0.231 e. The zero-order valence-corrected chi connectivity index (χ0v) is 18.9. The number of rotatable bonds is 3. The number of fused-ring (bicyclic) bond motifs is 9. The minimum Gasteiger partial charge on any atom is -0.492 e. The van der Waals surface area contributed by atoms with E-state index in [4.69, 9.17) is 28.9 Å². The Morgan fingerprint density at radius 1 is 0.629 bits per heavy atom. The average molecular weight is 462 g/mol. The largest absolute Gasteiger partial charge is 0.492 e. The molecule has 0 bridgehead atoms. The highest BCUT2D eigenvalue weighted by atomic mass is 16.7. The second-order valence-corrected chi connectivity index (χ2v) is 8.17. The van der Waals surface area contributed by atoms with Gasteiger partial charge >= 0.3 is 0 Å². The van der Waals surface area contributed by atoms with Crippen LogP contribution >= 0.6 is 0 Å². The highest BCUT2D eigenvalue weighted by Gasteiger charge is 2.24. The molecule has 0 saturated heterocycles. The fourth-order valence-electron chi connectivity index (χ4n) is 4.85. The molecular weight excluding hydrogens is 444 g/mol. The van der Waals surface area contributed by atoms with Crippen molar-refractivity contribution < 1.29 is 18.9 Å². The Morgan fingerprint density at radius 2 is 1.14 bits per heavy atom. The number of ether oxygens (including phenoxy) is 4. The lowest BCUT2D eigenvalue weighted by Gasteiger charge is -2.15. The summed E-state index contributed by atoms with van der Waals surface area (Å²) < 4.78 is 23.1. The number of benzene rings is 2. The van der Waals surface area contributed by atoms with Crippen molar-refractivity contribution in [3.8, 4) is 34.1 Å². The first-order valence-corrected chi connectivity index (χ1v) is 11.0. The summed E-state index contributed by atoms with van der Waals surface area (Å²) in [6.07, 6.45) is 7.15. The van der Waals surface area contributed by atoms with E-state index < -0.39 is 0 Å². The molecule has 0 aliphatic carbocycles. The Morgan fingerprint density at radius 3 is 1.83 bits per heavy atom. The smallest absolute Gasteiger partial charge is 0.231 e. The Balaban J connectivity index is 1.50. The molecule has 0 saturated carbocycles. The Bertz CT molecular complexity index is 1820. The molecule has 35 heavy (non-hydrogen) atoms. The highest BCUT2D eigenvalue weighted by Crippen LogP contribution is 2.46. The van der Waals surface area contributed by atoms with E-state index in [1.807, 2.05) is 48.8 Å². The predicted octanol–water partition coefficient (Wildman–Crippen LogP) is 5.29. The monoisotopic (exact) mass is 462 g/mol. The number of nitrogens with zero attached hydrogens (tertiary/aromatic N) is 4. The molecule has 5 heterocycles. The molecule has 8 heteroatoms. The summed E-state index contributed by atoms with van der Waals surface area (Å²) in [4.78, 5) is 18.7. The SMILES string of the molecule is COc1c(OC)c2cc(-c3cnc4c(c3)c3c(c5cccnc54)OCO3)cnc2c2ncccc12. The third kappa shape index (κ3) is 2.73. The Labute approximate surface area is 199 Å². The third-order valence-electron chi connectivity index (χ3n) is 6.38. The van der Waals surface area contributed by atoms with Gasteiger partial charge < -0.3 is 18.9 Å². The fraction of sp³-hybridized carbons (Fsp3) is 0.111. The lowest BCUT2D eigenvalue weighted by Crippen LogP contribution is -1.97. The van der Waals surface area contributed by atoms with Gasteiger partial charge in [-0.05, 0) is 36.4 Å². The van der Waals surface area contributed by atoms with Crippen molar-refractivity contribution in [2.24, 2.45) is 0 Å². The van der Waals surface area contributed by atoms with E-state index in [-0.39, 0.29) is 6.79 Å². The van der Waals surface area contributed by atoms with E-state index >= 15 is 0 Å². The molecule has 6 aromatic rings. The third-order valence-corrected chi connectivity index (χ3v) is 6.38. The summed E-state index contributed by atoms with van der Waals surface area (Å²) in [5.41, 5.74) is 4.78. The van der Waals surface area contributed by atoms with E-state index in [9.17, 15) is 0 Å².